The molecule has 0 aliphatic carbocycles. The van der Waals surface area contributed by atoms with E-state index in [0.29, 0.717) is 30.2 Å². The number of primary amides is 1. The largest absolute Gasteiger partial charge is 0.397 e. The molecule has 2 rings (SSSR count). The average Bonchev–Trinajstić information content (AvgIpc) is 2.27. The summed E-state index contributed by atoms with van der Waals surface area (Å²) in [5.74, 6) is 0.165. The molecule has 0 radical (unpaired) electrons. The molecule has 6 heteroatoms. The van der Waals surface area contributed by atoms with E-state index in [1.54, 1.807) is 6.07 Å². The molecule has 0 spiro atoms. The van der Waals surface area contributed by atoms with Crippen LogP contribution in [-0.4, -0.2) is 36.2 Å². The van der Waals surface area contributed by atoms with Crippen molar-refractivity contribution in [2.45, 2.75) is 19.4 Å². The molecule has 6 nitrogen and oxygen atoms in total. The number of amides is 1. The second-order valence-electron chi connectivity index (χ2n) is 5.02. The van der Waals surface area contributed by atoms with Gasteiger partial charge in [0.25, 0.3) is 5.91 Å². The highest BCUT2D eigenvalue weighted by Crippen LogP contribution is 2.23. The van der Waals surface area contributed by atoms with E-state index in [1.807, 2.05) is 13.8 Å². The van der Waals surface area contributed by atoms with Crippen molar-refractivity contribution in [1.82, 2.24) is 4.98 Å². The summed E-state index contributed by atoms with van der Waals surface area (Å²) < 4.78 is 5.63. The van der Waals surface area contributed by atoms with Gasteiger partial charge in [-0.1, -0.05) is 0 Å². The third kappa shape index (κ3) is 2.53. The Bertz CT molecular complexity index is 473. The number of nitrogen functional groups attached to an aromatic ring is 1. The first-order valence-electron chi connectivity index (χ1n) is 5.83. The number of hydrogen-bond donors (Lipinski definition) is 2. The van der Waals surface area contributed by atoms with Crippen molar-refractivity contribution in [3.05, 3.63) is 17.8 Å². The Kier molecular flexibility index (Phi) is 3.13. The smallest absolute Gasteiger partial charge is 0.250 e. The van der Waals surface area contributed by atoms with Crippen molar-refractivity contribution in [3.63, 3.8) is 0 Å². The second-order valence-corrected chi connectivity index (χ2v) is 5.02. The van der Waals surface area contributed by atoms with Gasteiger partial charge in [0.05, 0.1) is 29.7 Å². The Hall–Kier alpha value is -1.82. The maximum absolute atomic E-state index is 11.3. The Balaban J connectivity index is 2.28. The van der Waals surface area contributed by atoms with Gasteiger partial charge in [0, 0.05) is 13.1 Å². The zero-order valence-electron chi connectivity index (χ0n) is 10.6. The van der Waals surface area contributed by atoms with Gasteiger partial charge in [-0.15, -0.1) is 0 Å². The van der Waals surface area contributed by atoms with Crippen LogP contribution in [0.5, 0.6) is 0 Å². The Morgan fingerprint density at radius 3 is 2.89 bits per heavy atom. The summed E-state index contributed by atoms with van der Waals surface area (Å²) in [6.45, 7) is 6.11. The third-order valence-corrected chi connectivity index (χ3v) is 2.94. The summed E-state index contributed by atoms with van der Waals surface area (Å²) in [5.41, 5.74) is 11.3. The number of nitrogens with two attached hydrogens (primary N) is 2. The van der Waals surface area contributed by atoms with E-state index >= 15 is 0 Å². The van der Waals surface area contributed by atoms with Crippen molar-refractivity contribution >= 4 is 17.4 Å². The first-order valence-corrected chi connectivity index (χ1v) is 5.83. The highest BCUT2D eigenvalue weighted by atomic mass is 16.5. The zero-order valence-corrected chi connectivity index (χ0v) is 10.6. The highest BCUT2D eigenvalue weighted by Gasteiger charge is 2.28. The summed E-state index contributed by atoms with van der Waals surface area (Å²) in [7, 11) is 0. The van der Waals surface area contributed by atoms with Crippen LogP contribution in [0.2, 0.25) is 0 Å². The molecule has 1 aliphatic heterocycles. The van der Waals surface area contributed by atoms with Gasteiger partial charge in [0.2, 0.25) is 0 Å². The maximum Gasteiger partial charge on any atom is 0.250 e. The number of aromatic nitrogens is 1. The minimum Gasteiger partial charge on any atom is -0.397 e. The van der Waals surface area contributed by atoms with Gasteiger partial charge < -0.3 is 21.1 Å². The van der Waals surface area contributed by atoms with Crippen LogP contribution in [0, 0.1) is 0 Å². The lowest BCUT2D eigenvalue weighted by atomic mass is 10.1. The normalized spacial score (nSPS) is 18.7. The minimum absolute atomic E-state index is 0.228. The molecule has 1 aromatic heterocycles. The van der Waals surface area contributed by atoms with Crippen molar-refractivity contribution in [2.24, 2.45) is 5.73 Å². The number of ether oxygens (including phenoxy) is 1. The van der Waals surface area contributed by atoms with Crippen LogP contribution in [0.1, 0.15) is 24.2 Å². The number of nitrogens with zero attached hydrogens (tertiary/aromatic N) is 2. The summed E-state index contributed by atoms with van der Waals surface area (Å²) in [6, 6.07) is 1.64. The first kappa shape index (κ1) is 12.6. The van der Waals surface area contributed by atoms with E-state index in [-0.39, 0.29) is 5.60 Å². The van der Waals surface area contributed by atoms with E-state index in [0.717, 1.165) is 6.54 Å². The monoisotopic (exact) mass is 250 g/mol. The number of anilines is 2. The first-order chi connectivity index (χ1) is 8.39. The van der Waals surface area contributed by atoms with Crippen LogP contribution in [0.4, 0.5) is 11.5 Å². The highest BCUT2D eigenvalue weighted by molar-refractivity contribution is 5.98. The van der Waals surface area contributed by atoms with Crippen molar-refractivity contribution in [1.29, 1.82) is 0 Å². The van der Waals surface area contributed by atoms with E-state index in [2.05, 4.69) is 9.88 Å². The van der Waals surface area contributed by atoms with E-state index in [4.69, 9.17) is 16.2 Å². The topological polar surface area (TPSA) is 94.5 Å². The van der Waals surface area contributed by atoms with Crippen molar-refractivity contribution in [2.75, 3.05) is 30.3 Å². The Morgan fingerprint density at radius 1 is 1.56 bits per heavy atom. The molecule has 0 atom stereocenters. The van der Waals surface area contributed by atoms with Gasteiger partial charge >= 0.3 is 0 Å². The van der Waals surface area contributed by atoms with Gasteiger partial charge in [-0.05, 0) is 19.9 Å². The lowest BCUT2D eigenvalue weighted by Crippen LogP contribution is -2.48. The molecule has 0 unspecified atom stereocenters. The quantitative estimate of drug-likeness (QED) is 0.791. The van der Waals surface area contributed by atoms with Crippen LogP contribution < -0.4 is 16.4 Å². The molecule has 0 saturated carbocycles. The molecule has 1 aliphatic rings. The zero-order chi connectivity index (χ0) is 13.3. The molecule has 98 valence electrons. The van der Waals surface area contributed by atoms with E-state index < -0.39 is 5.91 Å². The predicted octanol–water partition coefficient (Wildman–Crippen LogP) is 0.378. The molecular weight excluding hydrogens is 232 g/mol. The summed E-state index contributed by atoms with van der Waals surface area (Å²) in [5, 5.41) is 0. The average molecular weight is 250 g/mol. The summed E-state index contributed by atoms with van der Waals surface area (Å²) in [6.07, 6.45) is 1.47. The number of carbonyl (C=O) groups excluding carboxylic acids is 1. The van der Waals surface area contributed by atoms with Crippen LogP contribution in [0.3, 0.4) is 0 Å². The molecule has 2 heterocycles. The molecule has 0 aromatic carbocycles. The Labute approximate surface area is 106 Å². The van der Waals surface area contributed by atoms with Gasteiger partial charge in [0.1, 0.15) is 5.82 Å². The van der Waals surface area contributed by atoms with Gasteiger partial charge in [-0.25, -0.2) is 4.98 Å². The molecule has 1 amide bonds. The number of hydrogen-bond acceptors (Lipinski definition) is 5. The SMILES string of the molecule is CC1(C)CN(c2cc(C(N)=O)c(N)cn2)CCO1. The molecular formula is C12H18N4O2. The number of pyridine rings is 1. The standard InChI is InChI=1S/C12H18N4O2/c1-12(2)7-16(3-4-18-12)10-5-8(11(14)17)9(13)6-15-10/h5-6H,3-4,7,13H2,1-2H3,(H2,14,17). The third-order valence-electron chi connectivity index (χ3n) is 2.94. The minimum atomic E-state index is -0.538. The maximum atomic E-state index is 11.3. The predicted molar refractivity (Wildman–Crippen MR) is 69.4 cm³/mol. The molecule has 1 saturated heterocycles. The van der Waals surface area contributed by atoms with Crippen molar-refractivity contribution in [3.8, 4) is 0 Å². The van der Waals surface area contributed by atoms with Gasteiger partial charge in [-0.2, -0.15) is 0 Å². The fourth-order valence-electron chi connectivity index (χ4n) is 2.05. The van der Waals surface area contributed by atoms with Gasteiger partial charge in [-0.3, -0.25) is 4.79 Å². The molecule has 4 N–H and O–H groups in total. The van der Waals surface area contributed by atoms with Crippen molar-refractivity contribution < 1.29 is 9.53 Å². The van der Waals surface area contributed by atoms with E-state index in [9.17, 15) is 4.79 Å². The fraction of sp³-hybridized carbons (Fsp3) is 0.500. The molecule has 18 heavy (non-hydrogen) atoms. The van der Waals surface area contributed by atoms with Crippen LogP contribution in [0.25, 0.3) is 0 Å². The van der Waals surface area contributed by atoms with Gasteiger partial charge in [0.15, 0.2) is 0 Å². The fourth-order valence-corrected chi connectivity index (χ4v) is 2.05. The van der Waals surface area contributed by atoms with Crippen LogP contribution >= 0.6 is 0 Å². The molecule has 1 fully saturated rings. The second kappa shape index (κ2) is 4.45. The lowest BCUT2D eigenvalue weighted by Gasteiger charge is -2.38. The number of morpholine rings is 1. The molecule has 1 aromatic rings. The summed E-state index contributed by atoms with van der Waals surface area (Å²) >= 11 is 0. The lowest BCUT2D eigenvalue weighted by molar-refractivity contribution is -0.0279. The Morgan fingerprint density at radius 2 is 2.28 bits per heavy atom. The van der Waals surface area contributed by atoms with Crippen LogP contribution in [0.15, 0.2) is 12.3 Å². The number of carbonyl (C=O) groups is 1. The molecule has 0 bridgehead atoms. The van der Waals surface area contributed by atoms with E-state index in [1.165, 1.54) is 6.20 Å². The number of rotatable bonds is 2. The van der Waals surface area contributed by atoms with Crippen LogP contribution in [-0.2, 0) is 4.74 Å². The summed E-state index contributed by atoms with van der Waals surface area (Å²) in [4.78, 5) is 17.6.